The lowest BCUT2D eigenvalue weighted by molar-refractivity contribution is 0.405. The van der Waals surface area contributed by atoms with E-state index in [1.54, 1.807) is 18.5 Å². The molecule has 6 nitrogen and oxygen atoms in total. The number of pyridine rings is 2. The first-order valence-corrected chi connectivity index (χ1v) is 8.90. The molecule has 3 aromatic heterocycles. The van der Waals surface area contributed by atoms with E-state index in [9.17, 15) is 4.39 Å². The molecular weight excluding hydrogens is 357 g/mol. The van der Waals surface area contributed by atoms with E-state index < -0.39 is 0 Å². The second-order valence-corrected chi connectivity index (χ2v) is 6.57. The number of nitrogens with one attached hydrogen (secondary N) is 1. The number of halogens is 1. The molecule has 0 saturated carbocycles. The van der Waals surface area contributed by atoms with Crippen molar-refractivity contribution in [3.8, 4) is 16.9 Å². The van der Waals surface area contributed by atoms with Gasteiger partial charge in [0.15, 0.2) is 5.65 Å². The lowest BCUT2D eigenvalue weighted by Gasteiger charge is -2.14. The fourth-order valence-electron chi connectivity index (χ4n) is 3.33. The van der Waals surface area contributed by atoms with Crippen LogP contribution in [0.4, 0.5) is 10.2 Å². The number of aryl methyl sites for hydroxylation is 2. The van der Waals surface area contributed by atoms with Gasteiger partial charge in [0.2, 0.25) is 0 Å². The van der Waals surface area contributed by atoms with Crippen molar-refractivity contribution in [1.29, 1.82) is 0 Å². The predicted octanol–water partition coefficient (Wildman–Crippen LogP) is 4.17. The molecule has 0 spiro atoms. The highest BCUT2D eigenvalue weighted by Crippen LogP contribution is 2.29. The molecule has 0 aliphatic heterocycles. The molecule has 4 rings (SSSR count). The van der Waals surface area contributed by atoms with Crippen molar-refractivity contribution in [1.82, 2.24) is 19.6 Å². The minimum absolute atomic E-state index is 0.271. The van der Waals surface area contributed by atoms with Crippen molar-refractivity contribution >= 4 is 11.5 Å². The largest absolute Gasteiger partial charge is 0.496 e. The lowest BCUT2D eigenvalue weighted by Crippen LogP contribution is -2.07. The normalized spacial score (nSPS) is 11.0. The SMILES string of the molecule is COc1cccc(F)c1CNc1ccc(-c2cnc(C)cc2C)c2nncn12. The van der Waals surface area contributed by atoms with Crippen LogP contribution in [0.25, 0.3) is 16.8 Å². The van der Waals surface area contributed by atoms with E-state index in [1.807, 2.05) is 42.6 Å². The highest BCUT2D eigenvalue weighted by Gasteiger charge is 2.14. The van der Waals surface area contributed by atoms with Gasteiger partial charge in [-0.25, -0.2) is 4.39 Å². The maximum absolute atomic E-state index is 14.2. The fraction of sp³-hybridized carbons (Fsp3) is 0.190. The Balaban J connectivity index is 1.70. The van der Waals surface area contributed by atoms with E-state index in [0.29, 0.717) is 17.0 Å². The fourth-order valence-corrected chi connectivity index (χ4v) is 3.33. The number of anilines is 1. The molecule has 0 amide bonds. The zero-order valence-corrected chi connectivity index (χ0v) is 15.9. The van der Waals surface area contributed by atoms with Gasteiger partial charge >= 0.3 is 0 Å². The van der Waals surface area contributed by atoms with Crippen LogP contribution in [0.2, 0.25) is 0 Å². The molecule has 0 saturated heterocycles. The predicted molar refractivity (Wildman–Crippen MR) is 106 cm³/mol. The van der Waals surface area contributed by atoms with E-state index in [-0.39, 0.29) is 12.4 Å². The Morgan fingerprint density at radius 3 is 2.79 bits per heavy atom. The van der Waals surface area contributed by atoms with Gasteiger partial charge in [0, 0.05) is 35.1 Å². The Morgan fingerprint density at radius 2 is 2.00 bits per heavy atom. The van der Waals surface area contributed by atoms with Crippen LogP contribution in [-0.2, 0) is 6.54 Å². The summed E-state index contributed by atoms with van der Waals surface area (Å²) in [6.07, 6.45) is 3.49. The third kappa shape index (κ3) is 3.15. The third-order valence-electron chi connectivity index (χ3n) is 4.74. The zero-order valence-electron chi connectivity index (χ0n) is 15.9. The minimum Gasteiger partial charge on any atom is -0.496 e. The Bertz CT molecular complexity index is 1150. The van der Waals surface area contributed by atoms with Crippen molar-refractivity contribution in [3.63, 3.8) is 0 Å². The van der Waals surface area contributed by atoms with Gasteiger partial charge in [-0.1, -0.05) is 6.07 Å². The quantitative estimate of drug-likeness (QED) is 0.566. The van der Waals surface area contributed by atoms with Gasteiger partial charge in [0.05, 0.1) is 7.11 Å². The molecule has 3 heterocycles. The molecule has 7 heteroatoms. The molecule has 28 heavy (non-hydrogen) atoms. The first kappa shape index (κ1) is 17.9. The Kier molecular flexibility index (Phi) is 4.65. The summed E-state index contributed by atoms with van der Waals surface area (Å²) in [5, 5.41) is 11.6. The van der Waals surface area contributed by atoms with Crippen molar-refractivity contribution in [2.45, 2.75) is 20.4 Å². The molecule has 0 atom stereocenters. The van der Waals surface area contributed by atoms with E-state index >= 15 is 0 Å². The van der Waals surface area contributed by atoms with E-state index in [4.69, 9.17) is 4.74 Å². The highest BCUT2D eigenvalue weighted by atomic mass is 19.1. The van der Waals surface area contributed by atoms with Crippen LogP contribution in [0.1, 0.15) is 16.8 Å². The van der Waals surface area contributed by atoms with Gasteiger partial charge in [-0.05, 0) is 49.7 Å². The summed E-state index contributed by atoms with van der Waals surface area (Å²) in [4.78, 5) is 4.41. The van der Waals surface area contributed by atoms with Gasteiger partial charge in [-0.2, -0.15) is 0 Å². The van der Waals surface area contributed by atoms with Gasteiger partial charge in [-0.3, -0.25) is 9.38 Å². The summed E-state index contributed by atoms with van der Waals surface area (Å²) in [6, 6.07) is 10.7. The molecule has 0 radical (unpaired) electrons. The maximum atomic E-state index is 14.2. The first-order chi connectivity index (χ1) is 13.6. The summed E-state index contributed by atoms with van der Waals surface area (Å²) in [5.41, 5.74) is 5.21. The topological polar surface area (TPSA) is 64.3 Å². The monoisotopic (exact) mass is 377 g/mol. The average Bonchev–Trinajstić information content (AvgIpc) is 3.17. The minimum atomic E-state index is -0.315. The highest BCUT2D eigenvalue weighted by molar-refractivity contribution is 5.80. The molecule has 0 bridgehead atoms. The third-order valence-corrected chi connectivity index (χ3v) is 4.74. The number of aromatic nitrogens is 4. The van der Waals surface area contributed by atoms with Gasteiger partial charge in [-0.15, -0.1) is 10.2 Å². The first-order valence-electron chi connectivity index (χ1n) is 8.90. The second-order valence-electron chi connectivity index (χ2n) is 6.57. The standard InChI is InChI=1S/C21H20FN5O/c1-13-9-14(2)23-10-16(13)15-7-8-20(27-12-25-26-21(15)27)24-11-17-18(22)5-4-6-19(17)28-3/h4-10,12,24H,11H2,1-3H3. The number of benzene rings is 1. The Labute approximate surface area is 162 Å². The van der Waals surface area contributed by atoms with Crippen molar-refractivity contribution in [3.05, 3.63) is 71.6 Å². The number of methoxy groups -OCH3 is 1. The van der Waals surface area contributed by atoms with Gasteiger partial charge < -0.3 is 10.1 Å². The lowest BCUT2D eigenvalue weighted by atomic mass is 10.0. The summed E-state index contributed by atoms with van der Waals surface area (Å²) in [6.45, 7) is 4.29. The van der Waals surface area contributed by atoms with E-state index in [0.717, 1.165) is 28.2 Å². The molecular formula is C21H20FN5O. The van der Waals surface area contributed by atoms with Crippen LogP contribution in [-0.4, -0.2) is 26.7 Å². The number of rotatable bonds is 5. The number of hydrogen-bond donors (Lipinski definition) is 1. The number of ether oxygens (including phenoxy) is 1. The number of nitrogens with zero attached hydrogens (tertiary/aromatic N) is 4. The van der Waals surface area contributed by atoms with Crippen LogP contribution in [0, 0.1) is 19.7 Å². The number of hydrogen-bond acceptors (Lipinski definition) is 5. The van der Waals surface area contributed by atoms with E-state index in [1.165, 1.54) is 13.2 Å². The summed E-state index contributed by atoms with van der Waals surface area (Å²) >= 11 is 0. The van der Waals surface area contributed by atoms with Crippen LogP contribution in [0.5, 0.6) is 5.75 Å². The van der Waals surface area contributed by atoms with Crippen molar-refractivity contribution in [2.24, 2.45) is 0 Å². The Morgan fingerprint density at radius 1 is 1.14 bits per heavy atom. The average molecular weight is 377 g/mol. The molecule has 0 fully saturated rings. The summed E-state index contributed by atoms with van der Waals surface area (Å²) < 4.78 is 21.3. The van der Waals surface area contributed by atoms with E-state index in [2.05, 4.69) is 20.5 Å². The van der Waals surface area contributed by atoms with Gasteiger partial charge in [0.25, 0.3) is 0 Å². The molecule has 1 N–H and O–H groups in total. The molecule has 4 aromatic rings. The Hall–Kier alpha value is -3.48. The molecule has 142 valence electrons. The summed E-state index contributed by atoms with van der Waals surface area (Å²) in [7, 11) is 1.53. The molecule has 0 unspecified atom stereocenters. The number of fused-ring (bicyclic) bond motifs is 1. The van der Waals surface area contributed by atoms with Crippen molar-refractivity contribution < 1.29 is 9.13 Å². The van der Waals surface area contributed by atoms with Crippen LogP contribution < -0.4 is 10.1 Å². The van der Waals surface area contributed by atoms with Crippen molar-refractivity contribution in [2.75, 3.05) is 12.4 Å². The molecule has 0 aliphatic rings. The van der Waals surface area contributed by atoms with Gasteiger partial charge in [0.1, 0.15) is 23.7 Å². The van der Waals surface area contributed by atoms with Crippen LogP contribution >= 0.6 is 0 Å². The summed E-state index contributed by atoms with van der Waals surface area (Å²) in [5.74, 6) is 0.946. The van der Waals surface area contributed by atoms with Crippen LogP contribution in [0.3, 0.4) is 0 Å². The second kappa shape index (κ2) is 7.26. The molecule has 0 aliphatic carbocycles. The smallest absolute Gasteiger partial charge is 0.170 e. The zero-order chi connectivity index (χ0) is 19.7. The molecule has 1 aromatic carbocycles. The van der Waals surface area contributed by atoms with Crippen LogP contribution in [0.15, 0.2) is 48.9 Å². The maximum Gasteiger partial charge on any atom is 0.170 e.